The van der Waals surface area contributed by atoms with Gasteiger partial charge in [0.05, 0.1) is 7.11 Å². The lowest BCUT2D eigenvalue weighted by Crippen LogP contribution is -2.26. The average molecular weight is 235 g/mol. The van der Waals surface area contributed by atoms with Crippen LogP contribution in [0, 0.1) is 0 Å². The zero-order valence-corrected chi connectivity index (χ0v) is 10.5. The summed E-state index contributed by atoms with van der Waals surface area (Å²) in [6.07, 6.45) is 4.88. The van der Waals surface area contributed by atoms with Gasteiger partial charge >= 0.3 is 0 Å². The molecule has 1 atom stereocenters. The number of aliphatic hydroxyl groups is 1. The molecule has 94 valence electrons. The summed E-state index contributed by atoms with van der Waals surface area (Å²) in [5.74, 6) is 0.882. The maximum Gasteiger partial charge on any atom is 0.126 e. The van der Waals surface area contributed by atoms with Crippen LogP contribution in [0.4, 0.5) is 0 Å². The van der Waals surface area contributed by atoms with E-state index in [1.54, 1.807) is 7.11 Å². The van der Waals surface area contributed by atoms with Crippen molar-refractivity contribution in [1.82, 2.24) is 5.32 Å². The summed E-state index contributed by atoms with van der Waals surface area (Å²) in [6.45, 7) is 3.08. The number of nitrogens with one attached hydrogen (secondary N) is 1. The van der Waals surface area contributed by atoms with Crippen molar-refractivity contribution in [3.05, 3.63) is 35.9 Å². The fourth-order valence-corrected chi connectivity index (χ4v) is 1.55. The summed E-state index contributed by atoms with van der Waals surface area (Å²) in [4.78, 5) is 0. The quantitative estimate of drug-likeness (QED) is 0.760. The molecule has 0 aliphatic carbocycles. The lowest BCUT2D eigenvalue weighted by Gasteiger charge is -2.09. The Labute approximate surface area is 103 Å². The van der Waals surface area contributed by atoms with E-state index in [2.05, 4.69) is 18.3 Å². The van der Waals surface area contributed by atoms with Gasteiger partial charge in [-0.15, -0.1) is 0 Å². The maximum absolute atomic E-state index is 8.76. The second-order valence-corrected chi connectivity index (χ2v) is 3.97. The molecule has 1 unspecified atom stereocenters. The number of benzene rings is 1. The minimum absolute atomic E-state index is 0.227. The molecule has 0 heterocycles. The first-order valence-electron chi connectivity index (χ1n) is 5.91. The minimum Gasteiger partial charge on any atom is -0.496 e. The predicted molar refractivity (Wildman–Crippen MR) is 71.2 cm³/mol. The second-order valence-electron chi connectivity index (χ2n) is 3.97. The molecule has 0 fully saturated rings. The SMILES string of the molecule is COc1ccccc1C=CCNC(C)CCO. The Bertz CT molecular complexity index is 350. The third-order valence-corrected chi connectivity index (χ3v) is 2.58. The summed E-state index contributed by atoms with van der Waals surface area (Å²) >= 11 is 0. The van der Waals surface area contributed by atoms with Gasteiger partial charge in [0.2, 0.25) is 0 Å². The van der Waals surface area contributed by atoms with E-state index in [-0.39, 0.29) is 6.61 Å². The third kappa shape index (κ3) is 5.02. The molecule has 0 amide bonds. The summed E-state index contributed by atoms with van der Waals surface area (Å²) < 4.78 is 5.26. The lowest BCUT2D eigenvalue weighted by atomic mass is 10.2. The van der Waals surface area contributed by atoms with Crippen molar-refractivity contribution >= 4 is 6.08 Å². The van der Waals surface area contributed by atoms with Crippen LogP contribution in [0.5, 0.6) is 5.75 Å². The van der Waals surface area contributed by atoms with Crippen LogP contribution in [-0.2, 0) is 0 Å². The van der Waals surface area contributed by atoms with Crippen molar-refractivity contribution in [2.24, 2.45) is 0 Å². The van der Waals surface area contributed by atoms with Crippen molar-refractivity contribution in [2.75, 3.05) is 20.3 Å². The average Bonchev–Trinajstić information content (AvgIpc) is 2.35. The first kappa shape index (κ1) is 13.7. The van der Waals surface area contributed by atoms with Gasteiger partial charge in [-0.2, -0.15) is 0 Å². The van der Waals surface area contributed by atoms with Crippen molar-refractivity contribution in [3.63, 3.8) is 0 Å². The zero-order chi connectivity index (χ0) is 12.5. The molecular formula is C14H21NO2. The number of ether oxygens (including phenoxy) is 1. The van der Waals surface area contributed by atoms with Gasteiger partial charge in [0, 0.05) is 24.8 Å². The monoisotopic (exact) mass is 235 g/mol. The fraction of sp³-hybridized carbons (Fsp3) is 0.429. The van der Waals surface area contributed by atoms with Crippen LogP contribution in [0.25, 0.3) is 6.08 Å². The van der Waals surface area contributed by atoms with E-state index in [0.717, 1.165) is 24.3 Å². The van der Waals surface area contributed by atoms with Crippen molar-refractivity contribution in [3.8, 4) is 5.75 Å². The highest BCUT2D eigenvalue weighted by Gasteiger charge is 1.98. The van der Waals surface area contributed by atoms with Crippen molar-refractivity contribution in [1.29, 1.82) is 0 Å². The Hall–Kier alpha value is -1.32. The van der Waals surface area contributed by atoms with Crippen LogP contribution < -0.4 is 10.1 Å². The summed E-state index contributed by atoms with van der Waals surface area (Å²) in [5, 5.41) is 12.1. The highest BCUT2D eigenvalue weighted by molar-refractivity contribution is 5.57. The fourth-order valence-electron chi connectivity index (χ4n) is 1.55. The first-order valence-corrected chi connectivity index (χ1v) is 5.91. The molecule has 3 nitrogen and oxygen atoms in total. The molecule has 0 radical (unpaired) electrons. The molecule has 0 bridgehead atoms. The normalized spacial score (nSPS) is 12.9. The molecule has 1 aromatic carbocycles. The Balaban J connectivity index is 2.42. The van der Waals surface area contributed by atoms with Gasteiger partial charge in [0.15, 0.2) is 0 Å². The molecular weight excluding hydrogens is 214 g/mol. The molecule has 1 rings (SSSR count). The van der Waals surface area contributed by atoms with E-state index >= 15 is 0 Å². The van der Waals surface area contributed by atoms with Gasteiger partial charge in [-0.05, 0) is 19.4 Å². The highest BCUT2D eigenvalue weighted by atomic mass is 16.5. The predicted octanol–water partition coefficient (Wildman–Crippen LogP) is 2.07. The third-order valence-electron chi connectivity index (χ3n) is 2.58. The molecule has 17 heavy (non-hydrogen) atoms. The van der Waals surface area contributed by atoms with Gasteiger partial charge in [-0.1, -0.05) is 30.4 Å². The first-order chi connectivity index (χ1) is 8.27. The van der Waals surface area contributed by atoms with Crippen LogP contribution in [0.3, 0.4) is 0 Å². The lowest BCUT2D eigenvalue weighted by molar-refractivity contribution is 0.270. The van der Waals surface area contributed by atoms with E-state index in [4.69, 9.17) is 9.84 Å². The van der Waals surface area contributed by atoms with E-state index in [1.165, 1.54) is 0 Å². The number of hydrogen-bond donors (Lipinski definition) is 2. The topological polar surface area (TPSA) is 41.5 Å². The van der Waals surface area contributed by atoms with Crippen LogP contribution in [0.2, 0.25) is 0 Å². The van der Waals surface area contributed by atoms with E-state index in [1.807, 2.05) is 30.3 Å². The van der Waals surface area contributed by atoms with Crippen LogP contribution in [0.15, 0.2) is 30.3 Å². The smallest absolute Gasteiger partial charge is 0.126 e. The van der Waals surface area contributed by atoms with Gasteiger partial charge < -0.3 is 15.2 Å². The standard InChI is InChI=1S/C14H21NO2/c1-12(9-11-16)15-10-5-7-13-6-3-4-8-14(13)17-2/h3-8,12,15-16H,9-11H2,1-2H3. The molecule has 1 aromatic rings. The number of hydrogen-bond acceptors (Lipinski definition) is 3. The molecule has 0 aliphatic rings. The van der Waals surface area contributed by atoms with Crippen LogP contribution in [-0.4, -0.2) is 31.4 Å². The second kappa shape index (κ2) is 7.87. The molecule has 3 heteroatoms. The molecule has 2 N–H and O–H groups in total. The number of aliphatic hydroxyl groups excluding tert-OH is 1. The zero-order valence-electron chi connectivity index (χ0n) is 10.5. The van der Waals surface area contributed by atoms with E-state index in [0.29, 0.717) is 6.04 Å². The number of rotatable bonds is 7. The Morgan fingerprint density at radius 3 is 2.88 bits per heavy atom. The maximum atomic E-state index is 8.76. The van der Waals surface area contributed by atoms with Crippen molar-refractivity contribution < 1.29 is 9.84 Å². The minimum atomic E-state index is 0.227. The van der Waals surface area contributed by atoms with E-state index < -0.39 is 0 Å². The Kier molecular flexibility index (Phi) is 6.37. The number of para-hydroxylation sites is 1. The molecule has 0 aromatic heterocycles. The highest BCUT2D eigenvalue weighted by Crippen LogP contribution is 2.18. The molecule has 0 saturated carbocycles. The van der Waals surface area contributed by atoms with Crippen LogP contribution >= 0.6 is 0 Å². The molecule has 0 aliphatic heterocycles. The Morgan fingerprint density at radius 2 is 2.18 bits per heavy atom. The van der Waals surface area contributed by atoms with Crippen LogP contribution in [0.1, 0.15) is 18.9 Å². The van der Waals surface area contributed by atoms with Gasteiger partial charge in [-0.3, -0.25) is 0 Å². The summed E-state index contributed by atoms with van der Waals surface area (Å²) in [7, 11) is 1.67. The van der Waals surface area contributed by atoms with E-state index in [9.17, 15) is 0 Å². The van der Waals surface area contributed by atoms with Gasteiger partial charge in [0.25, 0.3) is 0 Å². The Morgan fingerprint density at radius 1 is 1.41 bits per heavy atom. The van der Waals surface area contributed by atoms with Gasteiger partial charge in [-0.25, -0.2) is 0 Å². The number of methoxy groups -OCH3 is 1. The summed E-state index contributed by atoms with van der Waals surface area (Å²) in [5.41, 5.74) is 1.08. The molecule has 0 spiro atoms. The molecule has 0 saturated heterocycles. The largest absolute Gasteiger partial charge is 0.496 e. The summed E-state index contributed by atoms with van der Waals surface area (Å²) in [6, 6.07) is 8.25. The van der Waals surface area contributed by atoms with Crippen molar-refractivity contribution in [2.45, 2.75) is 19.4 Å². The van der Waals surface area contributed by atoms with Gasteiger partial charge in [0.1, 0.15) is 5.75 Å².